The summed E-state index contributed by atoms with van der Waals surface area (Å²) in [6, 6.07) is 9.08. The molecule has 0 spiro atoms. The third-order valence-electron chi connectivity index (χ3n) is 2.96. The molecule has 0 aliphatic rings. The maximum atomic E-state index is 13.4. The SMILES string of the molecule is CN(Cc1cccnc1)Cc1ccc(F)c(CN)c1. The van der Waals surface area contributed by atoms with E-state index in [-0.39, 0.29) is 12.4 Å². The molecule has 0 atom stereocenters. The Morgan fingerprint density at radius 3 is 2.68 bits per heavy atom. The second-order valence-corrected chi connectivity index (χ2v) is 4.66. The molecule has 1 aromatic heterocycles. The van der Waals surface area contributed by atoms with Gasteiger partial charge in [-0.3, -0.25) is 9.88 Å². The van der Waals surface area contributed by atoms with Gasteiger partial charge in [0.2, 0.25) is 0 Å². The Morgan fingerprint density at radius 2 is 2.00 bits per heavy atom. The molecule has 0 radical (unpaired) electrons. The van der Waals surface area contributed by atoms with Gasteiger partial charge in [0.15, 0.2) is 0 Å². The summed E-state index contributed by atoms with van der Waals surface area (Å²) in [6.45, 7) is 1.79. The third-order valence-corrected chi connectivity index (χ3v) is 2.96. The monoisotopic (exact) mass is 259 g/mol. The zero-order valence-electron chi connectivity index (χ0n) is 11.0. The van der Waals surface area contributed by atoms with Crippen molar-refractivity contribution in [2.24, 2.45) is 5.73 Å². The number of aromatic nitrogens is 1. The molecule has 0 saturated carbocycles. The van der Waals surface area contributed by atoms with Crippen molar-refractivity contribution in [3.05, 3.63) is 65.2 Å². The summed E-state index contributed by atoms with van der Waals surface area (Å²) in [7, 11) is 2.03. The fourth-order valence-corrected chi connectivity index (χ4v) is 2.05. The number of benzene rings is 1. The number of nitrogens with two attached hydrogens (primary N) is 1. The summed E-state index contributed by atoms with van der Waals surface area (Å²) < 4.78 is 13.4. The van der Waals surface area contributed by atoms with Gasteiger partial charge in [0.25, 0.3) is 0 Å². The second-order valence-electron chi connectivity index (χ2n) is 4.66. The summed E-state index contributed by atoms with van der Waals surface area (Å²) in [5.41, 5.74) is 8.30. The van der Waals surface area contributed by atoms with Crippen LogP contribution in [-0.2, 0) is 19.6 Å². The number of rotatable bonds is 5. The Balaban J connectivity index is 2.01. The van der Waals surface area contributed by atoms with E-state index in [4.69, 9.17) is 5.73 Å². The van der Waals surface area contributed by atoms with Gasteiger partial charge >= 0.3 is 0 Å². The Kier molecular flexibility index (Phi) is 4.60. The van der Waals surface area contributed by atoms with Gasteiger partial charge in [0, 0.05) is 37.6 Å². The Bertz CT molecular complexity index is 528. The number of hydrogen-bond acceptors (Lipinski definition) is 3. The van der Waals surface area contributed by atoms with Gasteiger partial charge in [-0.25, -0.2) is 4.39 Å². The molecule has 0 amide bonds. The standard InChI is InChI=1S/C15H18FN3/c1-19(11-13-3-2-6-18-9-13)10-12-4-5-15(16)14(7-12)8-17/h2-7,9H,8,10-11,17H2,1H3. The Labute approximate surface area is 112 Å². The van der Waals surface area contributed by atoms with E-state index in [9.17, 15) is 4.39 Å². The van der Waals surface area contributed by atoms with E-state index in [1.165, 1.54) is 6.07 Å². The van der Waals surface area contributed by atoms with E-state index in [1.54, 1.807) is 12.3 Å². The van der Waals surface area contributed by atoms with Crippen molar-refractivity contribution in [1.82, 2.24) is 9.88 Å². The molecular weight excluding hydrogens is 241 g/mol. The molecule has 0 aliphatic carbocycles. The highest BCUT2D eigenvalue weighted by atomic mass is 19.1. The van der Waals surface area contributed by atoms with E-state index in [0.717, 1.165) is 24.2 Å². The first-order valence-corrected chi connectivity index (χ1v) is 6.24. The quantitative estimate of drug-likeness (QED) is 0.896. The van der Waals surface area contributed by atoms with Crippen molar-refractivity contribution >= 4 is 0 Å². The summed E-state index contributed by atoms with van der Waals surface area (Å²) in [5, 5.41) is 0. The minimum Gasteiger partial charge on any atom is -0.326 e. The van der Waals surface area contributed by atoms with Crippen LogP contribution in [0.15, 0.2) is 42.7 Å². The molecule has 2 N–H and O–H groups in total. The van der Waals surface area contributed by atoms with Gasteiger partial charge in [0.05, 0.1) is 0 Å². The van der Waals surface area contributed by atoms with Crippen LogP contribution in [0.4, 0.5) is 4.39 Å². The van der Waals surface area contributed by atoms with Crippen LogP contribution in [0.1, 0.15) is 16.7 Å². The number of pyridine rings is 1. The maximum Gasteiger partial charge on any atom is 0.127 e. The van der Waals surface area contributed by atoms with Crippen LogP contribution >= 0.6 is 0 Å². The lowest BCUT2D eigenvalue weighted by molar-refractivity contribution is 0.318. The van der Waals surface area contributed by atoms with Crippen molar-refractivity contribution < 1.29 is 4.39 Å². The van der Waals surface area contributed by atoms with Crippen molar-refractivity contribution in [2.45, 2.75) is 19.6 Å². The highest BCUT2D eigenvalue weighted by Gasteiger charge is 2.05. The van der Waals surface area contributed by atoms with Crippen LogP contribution in [-0.4, -0.2) is 16.9 Å². The summed E-state index contributed by atoms with van der Waals surface area (Å²) in [5.74, 6) is -0.235. The second kappa shape index (κ2) is 6.41. The molecule has 19 heavy (non-hydrogen) atoms. The van der Waals surface area contributed by atoms with Crippen molar-refractivity contribution in [2.75, 3.05) is 7.05 Å². The molecule has 0 fully saturated rings. The molecule has 2 aromatic rings. The molecule has 0 unspecified atom stereocenters. The average Bonchev–Trinajstić information content (AvgIpc) is 2.42. The molecule has 0 aliphatic heterocycles. The molecule has 4 heteroatoms. The lowest BCUT2D eigenvalue weighted by Gasteiger charge is -2.17. The number of hydrogen-bond donors (Lipinski definition) is 1. The smallest absolute Gasteiger partial charge is 0.127 e. The lowest BCUT2D eigenvalue weighted by Crippen LogP contribution is -2.17. The number of halogens is 1. The zero-order chi connectivity index (χ0) is 13.7. The molecule has 0 saturated heterocycles. The highest BCUT2D eigenvalue weighted by molar-refractivity contribution is 5.25. The van der Waals surface area contributed by atoms with E-state index >= 15 is 0 Å². The first-order chi connectivity index (χ1) is 9.19. The van der Waals surface area contributed by atoms with Crippen LogP contribution in [0.2, 0.25) is 0 Å². The van der Waals surface area contributed by atoms with Crippen molar-refractivity contribution in [3.63, 3.8) is 0 Å². The molecule has 3 nitrogen and oxygen atoms in total. The van der Waals surface area contributed by atoms with Gasteiger partial charge < -0.3 is 5.73 Å². The van der Waals surface area contributed by atoms with E-state index in [2.05, 4.69) is 9.88 Å². The molecule has 0 bridgehead atoms. The fraction of sp³-hybridized carbons (Fsp3) is 0.267. The molecular formula is C15H18FN3. The summed E-state index contributed by atoms with van der Waals surface area (Å²) >= 11 is 0. The molecule has 2 rings (SSSR count). The predicted molar refractivity (Wildman–Crippen MR) is 73.7 cm³/mol. The minimum atomic E-state index is -0.235. The third kappa shape index (κ3) is 3.84. The predicted octanol–water partition coefficient (Wildman–Crippen LogP) is 2.31. The number of nitrogens with zero attached hydrogens (tertiary/aromatic N) is 2. The van der Waals surface area contributed by atoms with Crippen LogP contribution < -0.4 is 5.73 Å². The van der Waals surface area contributed by atoms with Gasteiger partial charge in [-0.2, -0.15) is 0 Å². The van der Waals surface area contributed by atoms with Crippen LogP contribution in [0.25, 0.3) is 0 Å². The van der Waals surface area contributed by atoms with Gasteiger partial charge in [0.1, 0.15) is 5.82 Å². The van der Waals surface area contributed by atoms with E-state index in [0.29, 0.717) is 5.56 Å². The normalized spacial score (nSPS) is 10.9. The maximum absolute atomic E-state index is 13.4. The van der Waals surface area contributed by atoms with Gasteiger partial charge in [-0.05, 0) is 30.3 Å². The van der Waals surface area contributed by atoms with E-state index in [1.807, 2.05) is 31.4 Å². The van der Waals surface area contributed by atoms with Crippen molar-refractivity contribution in [1.29, 1.82) is 0 Å². The molecule has 1 heterocycles. The highest BCUT2D eigenvalue weighted by Crippen LogP contribution is 2.12. The summed E-state index contributed by atoms with van der Waals surface area (Å²) in [4.78, 5) is 6.25. The summed E-state index contributed by atoms with van der Waals surface area (Å²) in [6.07, 6.45) is 3.61. The van der Waals surface area contributed by atoms with Gasteiger partial charge in [-0.15, -0.1) is 0 Å². The largest absolute Gasteiger partial charge is 0.326 e. The Hall–Kier alpha value is -1.78. The molecule has 1 aromatic carbocycles. The van der Waals surface area contributed by atoms with Crippen molar-refractivity contribution in [3.8, 4) is 0 Å². The first-order valence-electron chi connectivity index (χ1n) is 6.24. The van der Waals surface area contributed by atoms with E-state index < -0.39 is 0 Å². The van der Waals surface area contributed by atoms with Crippen LogP contribution in [0.5, 0.6) is 0 Å². The fourth-order valence-electron chi connectivity index (χ4n) is 2.05. The average molecular weight is 259 g/mol. The zero-order valence-corrected chi connectivity index (χ0v) is 11.0. The van der Waals surface area contributed by atoms with Gasteiger partial charge in [-0.1, -0.05) is 18.2 Å². The minimum absolute atomic E-state index is 0.228. The molecule has 100 valence electrons. The lowest BCUT2D eigenvalue weighted by atomic mass is 10.1. The van der Waals surface area contributed by atoms with Crippen LogP contribution in [0.3, 0.4) is 0 Å². The topological polar surface area (TPSA) is 42.2 Å². The van der Waals surface area contributed by atoms with Crippen LogP contribution in [0, 0.1) is 5.82 Å². The first kappa shape index (κ1) is 13.6. The Morgan fingerprint density at radius 1 is 1.21 bits per heavy atom.